The van der Waals surface area contributed by atoms with Crippen LogP contribution >= 0.6 is 23.2 Å². The van der Waals surface area contributed by atoms with E-state index in [1.165, 1.54) is 19.3 Å². The molecular weight excluding hydrogens is 383 g/mol. The van der Waals surface area contributed by atoms with Crippen LogP contribution in [0.4, 0.5) is 0 Å². The van der Waals surface area contributed by atoms with Crippen LogP contribution in [0.1, 0.15) is 57.9 Å². The van der Waals surface area contributed by atoms with Crippen molar-refractivity contribution in [3.05, 3.63) is 33.8 Å². The molecule has 1 atom stereocenters. The van der Waals surface area contributed by atoms with Crippen LogP contribution in [0.3, 0.4) is 0 Å². The van der Waals surface area contributed by atoms with Crippen molar-refractivity contribution < 1.29 is 9.53 Å². The Hall–Kier alpha value is -1.26. The lowest BCUT2D eigenvalue weighted by Crippen LogP contribution is -2.63. The van der Waals surface area contributed by atoms with Gasteiger partial charge in [0.25, 0.3) is 0 Å². The smallest absolute Gasteiger partial charge is 0.243 e. The molecule has 1 aromatic rings. The largest absolute Gasteiger partial charge is 0.447 e. The van der Waals surface area contributed by atoms with E-state index in [4.69, 9.17) is 27.9 Å². The molecule has 144 valence electrons. The number of ether oxygens (including phenoxy) is 1. The molecule has 0 radical (unpaired) electrons. The number of hydrazone groups is 1. The van der Waals surface area contributed by atoms with E-state index in [1.54, 1.807) is 24.1 Å². The molecule has 27 heavy (non-hydrogen) atoms. The highest BCUT2D eigenvalue weighted by atomic mass is 35.5. The van der Waals surface area contributed by atoms with E-state index in [2.05, 4.69) is 12.0 Å². The number of amides is 1. The summed E-state index contributed by atoms with van der Waals surface area (Å²) in [6, 6.07) is 5.27. The number of benzene rings is 1. The first kappa shape index (κ1) is 17.8. The molecule has 0 saturated heterocycles. The van der Waals surface area contributed by atoms with E-state index in [1.807, 2.05) is 6.07 Å². The first-order valence-electron chi connectivity index (χ1n) is 9.83. The summed E-state index contributed by atoms with van der Waals surface area (Å²) in [5.41, 5.74) is -0.106. The number of rotatable bonds is 2. The highest BCUT2D eigenvalue weighted by Crippen LogP contribution is 2.65. The average Bonchev–Trinajstić information content (AvgIpc) is 2.93. The molecule has 1 aromatic carbocycles. The third-order valence-corrected chi connectivity index (χ3v) is 7.92. The third-order valence-electron chi connectivity index (χ3n) is 7.37. The lowest BCUT2D eigenvalue weighted by molar-refractivity contribution is -0.216. The second-order valence-electron chi connectivity index (χ2n) is 9.14. The van der Waals surface area contributed by atoms with Crippen LogP contribution in [0, 0.1) is 23.2 Å². The van der Waals surface area contributed by atoms with E-state index in [9.17, 15) is 4.79 Å². The number of carbonyl (C=O) groups excluding carboxylic acids is 1. The highest BCUT2D eigenvalue weighted by Gasteiger charge is 2.65. The first-order chi connectivity index (χ1) is 12.8. The van der Waals surface area contributed by atoms with Crippen LogP contribution in [0.25, 0.3) is 0 Å². The van der Waals surface area contributed by atoms with Gasteiger partial charge in [0, 0.05) is 17.4 Å². The standard InChI is InChI=1S/C21H24Cl2N2O2/c1-12(26)25-20(2,21-9-13-5-14(10-21)7-15(6-13)11-21)27-19(24-25)17-4-3-16(22)8-18(17)23/h3-4,8,13-15H,5-7,9-11H2,1-2H3/t13?,14?,15?,20-,21?/m1/s1. The maximum atomic E-state index is 12.6. The monoisotopic (exact) mass is 406 g/mol. The van der Waals surface area contributed by atoms with Crippen LogP contribution < -0.4 is 0 Å². The molecule has 4 nitrogen and oxygen atoms in total. The van der Waals surface area contributed by atoms with E-state index < -0.39 is 5.72 Å². The predicted molar refractivity (Wildman–Crippen MR) is 106 cm³/mol. The molecule has 4 fully saturated rings. The molecule has 0 unspecified atom stereocenters. The minimum absolute atomic E-state index is 0.0302. The zero-order valence-corrected chi connectivity index (χ0v) is 17.2. The molecule has 1 amide bonds. The van der Waals surface area contributed by atoms with Gasteiger partial charge in [-0.2, -0.15) is 5.01 Å². The summed E-state index contributed by atoms with van der Waals surface area (Å²) in [6.07, 6.45) is 7.38. The summed E-state index contributed by atoms with van der Waals surface area (Å²) in [5.74, 6) is 2.61. The van der Waals surface area contributed by atoms with Gasteiger partial charge in [-0.25, -0.2) is 0 Å². The zero-order chi connectivity index (χ0) is 19.0. The van der Waals surface area contributed by atoms with Gasteiger partial charge >= 0.3 is 0 Å². The molecule has 1 aliphatic heterocycles. The Kier molecular flexibility index (Phi) is 3.87. The summed E-state index contributed by atoms with van der Waals surface area (Å²) < 4.78 is 6.54. The number of hydrogen-bond acceptors (Lipinski definition) is 3. The normalized spacial score (nSPS) is 39.5. The van der Waals surface area contributed by atoms with Crippen LogP contribution in [0.15, 0.2) is 23.3 Å². The van der Waals surface area contributed by atoms with Gasteiger partial charge in [0.2, 0.25) is 17.5 Å². The number of carbonyl (C=O) groups is 1. The Labute approximate surface area is 169 Å². The maximum Gasteiger partial charge on any atom is 0.243 e. The summed E-state index contributed by atoms with van der Waals surface area (Å²) in [7, 11) is 0. The second-order valence-corrected chi connectivity index (χ2v) is 9.99. The Balaban J connectivity index is 1.55. The van der Waals surface area contributed by atoms with Gasteiger partial charge in [-0.05, 0) is 81.4 Å². The highest BCUT2D eigenvalue weighted by molar-refractivity contribution is 6.36. The molecule has 4 saturated carbocycles. The number of halogens is 2. The van der Waals surface area contributed by atoms with E-state index >= 15 is 0 Å². The van der Waals surface area contributed by atoms with Gasteiger partial charge in [-0.15, -0.1) is 5.10 Å². The Morgan fingerprint density at radius 1 is 1.15 bits per heavy atom. The second kappa shape index (κ2) is 5.87. The van der Waals surface area contributed by atoms with Crippen molar-refractivity contribution in [1.82, 2.24) is 5.01 Å². The van der Waals surface area contributed by atoms with Crippen LogP contribution in [-0.4, -0.2) is 22.5 Å². The molecule has 0 N–H and O–H groups in total. The van der Waals surface area contributed by atoms with Gasteiger partial charge in [0.1, 0.15) is 0 Å². The molecule has 0 aromatic heterocycles. The summed E-state index contributed by atoms with van der Waals surface area (Å²) in [5, 5.41) is 7.24. The number of nitrogens with zero attached hydrogens (tertiary/aromatic N) is 2. The zero-order valence-electron chi connectivity index (χ0n) is 15.7. The fraction of sp³-hybridized carbons (Fsp3) is 0.619. The molecule has 6 heteroatoms. The summed E-state index contributed by atoms with van der Waals surface area (Å²) >= 11 is 12.4. The van der Waals surface area contributed by atoms with Gasteiger partial charge in [-0.1, -0.05) is 23.2 Å². The van der Waals surface area contributed by atoms with Gasteiger partial charge in [-0.3, -0.25) is 4.79 Å². The van der Waals surface area contributed by atoms with Crippen LogP contribution in [0.5, 0.6) is 0 Å². The van der Waals surface area contributed by atoms with Gasteiger partial charge < -0.3 is 4.74 Å². The minimum atomic E-state index is -0.757. The molecule has 1 heterocycles. The van der Waals surface area contributed by atoms with Crippen LogP contribution in [0.2, 0.25) is 10.0 Å². The Morgan fingerprint density at radius 2 is 1.74 bits per heavy atom. The quantitative estimate of drug-likeness (QED) is 0.653. The lowest BCUT2D eigenvalue weighted by atomic mass is 9.47. The van der Waals surface area contributed by atoms with E-state index in [0.29, 0.717) is 21.5 Å². The van der Waals surface area contributed by atoms with Crippen molar-refractivity contribution >= 4 is 35.0 Å². The van der Waals surface area contributed by atoms with Crippen LogP contribution in [-0.2, 0) is 9.53 Å². The van der Waals surface area contributed by atoms with Crippen molar-refractivity contribution in [3.63, 3.8) is 0 Å². The Bertz CT molecular complexity index is 817. The van der Waals surface area contributed by atoms with Crippen molar-refractivity contribution in [2.75, 3.05) is 0 Å². The first-order valence-corrected chi connectivity index (χ1v) is 10.6. The number of hydrogen-bond donors (Lipinski definition) is 0. The molecule has 4 aliphatic carbocycles. The Morgan fingerprint density at radius 3 is 2.26 bits per heavy atom. The SMILES string of the molecule is CC(=O)N1N=C(c2ccc(Cl)cc2Cl)O[C@]1(C)C12CC3CC(CC(C3)C1)C2. The molecule has 6 rings (SSSR count). The average molecular weight is 407 g/mol. The van der Waals surface area contributed by atoms with Crippen molar-refractivity contribution in [1.29, 1.82) is 0 Å². The maximum absolute atomic E-state index is 12.6. The lowest BCUT2D eigenvalue weighted by Gasteiger charge is -2.61. The molecule has 0 spiro atoms. The third kappa shape index (κ3) is 2.56. The van der Waals surface area contributed by atoms with Gasteiger partial charge in [0.15, 0.2) is 0 Å². The predicted octanol–water partition coefficient (Wildman–Crippen LogP) is 5.47. The topological polar surface area (TPSA) is 41.9 Å². The van der Waals surface area contributed by atoms with E-state index in [-0.39, 0.29) is 11.3 Å². The van der Waals surface area contributed by atoms with Crippen molar-refractivity contribution in [2.24, 2.45) is 28.3 Å². The molecule has 5 aliphatic rings. The van der Waals surface area contributed by atoms with E-state index in [0.717, 1.165) is 37.0 Å². The van der Waals surface area contributed by atoms with Gasteiger partial charge in [0.05, 0.1) is 10.6 Å². The molecular formula is C21H24Cl2N2O2. The van der Waals surface area contributed by atoms with Crippen molar-refractivity contribution in [2.45, 2.75) is 58.1 Å². The fourth-order valence-corrected chi connectivity index (χ4v) is 7.08. The van der Waals surface area contributed by atoms with Crippen molar-refractivity contribution in [3.8, 4) is 0 Å². The fourth-order valence-electron chi connectivity index (χ4n) is 6.59. The summed E-state index contributed by atoms with van der Waals surface area (Å²) in [6.45, 7) is 3.62. The minimum Gasteiger partial charge on any atom is -0.447 e. The summed E-state index contributed by atoms with van der Waals surface area (Å²) in [4.78, 5) is 12.6. The molecule has 4 bridgehead atoms.